The predicted molar refractivity (Wildman–Crippen MR) is 63.1 cm³/mol. The van der Waals surface area contributed by atoms with E-state index in [9.17, 15) is 4.79 Å². The first-order valence-corrected chi connectivity index (χ1v) is 4.85. The molecule has 0 aromatic heterocycles. The number of esters is 1. The maximum absolute atomic E-state index is 11.2. The maximum atomic E-state index is 11.2. The first kappa shape index (κ1) is 13.3. The van der Waals surface area contributed by atoms with Gasteiger partial charge in [-0.15, -0.1) is 0 Å². The van der Waals surface area contributed by atoms with Crippen LogP contribution in [0.5, 0.6) is 0 Å². The number of benzene rings is 1. The van der Waals surface area contributed by atoms with Crippen LogP contribution in [0.15, 0.2) is 18.2 Å². The second-order valence-electron chi connectivity index (χ2n) is 2.51. The SMILES string of the molecule is CC.CNc1c(N)cccc1C(=O)OC. The van der Waals surface area contributed by atoms with E-state index < -0.39 is 5.97 Å². The molecule has 0 atom stereocenters. The molecule has 0 amide bonds. The zero-order valence-corrected chi connectivity index (χ0v) is 9.63. The number of hydrogen-bond acceptors (Lipinski definition) is 4. The first-order chi connectivity index (χ1) is 7.20. The van der Waals surface area contributed by atoms with E-state index in [1.165, 1.54) is 7.11 Å². The molecular weight excluding hydrogens is 192 g/mol. The third-order valence-electron chi connectivity index (χ3n) is 1.75. The molecule has 0 unspecified atom stereocenters. The molecule has 0 aliphatic heterocycles. The number of methoxy groups -OCH3 is 1. The van der Waals surface area contributed by atoms with Gasteiger partial charge in [-0.2, -0.15) is 0 Å². The van der Waals surface area contributed by atoms with Crippen molar-refractivity contribution in [3.8, 4) is 0 Å². The van der Waals surface area contributed by atoms with Gasteiger partial charge in [0.15, 0.2) is 0 Å². The monoisotopic (exact) mass is 210 g/mol. The fourth-order valence-electron chi connectivity index (χ4n) is 1.13. The maximum Gasteiger partial charge on any atom is 0.340 e. The average Bonchev–Trinajstić information content (AvgIpc) is 2.30. The molecule has 0 fully saturated rings. The van der Waals surface area contributed by atoms with Crippen molar-refractivity contribution in [3.63, 3.8) is 0 Å². The fraction of sp³-hybridized carbons (Fsp3) is 0.364. The van der Waals surface area contributed by atoms with Gasteiger partial charge in [0.25, 0.3) is 0 Å². The largest absolute Gasteiger partial charge is 0.465 e. The quantitative estimate of drug-likeness (QED) is 0.579. The van der Waals surface area contributed by atoms with Crippen molar-refractivity contribution in [2.24, 2.45) is 0 Å². The highest BCUT2D eigenvalue weighted by Crippen LogP contribution is 2.23. The van der Waals surface area contributed by atoms with Crippen molar-refractivity contribution in [1.29, 1.82) is 0 Å². The topological polar surface area (TPSA) is 64.3 Å². The average molecular weight is 210 g/mol. The van der Waals surface area contributed by atoms with Gasteiger partial charge in [0.1, 0.15) is 0 Å². The number of nitrogen functional groups attached to an aromatic ring is 1. The third-order valence-corrected chi connectivity index (χ3v) is 1.75. The van der Waals surface area contributed by atoms with Crippen LogP contribution in [0.2, 0.25) is 0 Å². The van der Waals surface area contributed by atoms with Crippen molar-refractivity contribution in [1.82, 2.24) is 0 Å². The van der Waals surface area contributed by atoms with E-state index in [-0.39, 0.29) is 0 Å². The lowest BCUT2D eigenvalue weighted by Gasteiger charge is -2.09. The third kappa shape index (κ3) is 3.16. The van der Waals surface area contributed by atoms with E-state index in [2.05, 4.69) is 10.1 Å². The van der Waals surface area contributed by atoms with Crippen LogP contribution in [-0.2, 0) is 4.74 Å². The summed E-state index contributed by atoms with van der Waals surface area (Å²) in [5, 5.41) is 2.85. The summed E-state index contributed by atoms with van der Waals surface area (Å²) in [6, 6.07) is 5.09. The summed E-state index contributed by atoms with van der Waals surface area (Å²) in [4.78, 5) is 11.2. The van der Waals surface area contributed by atoms with Gasteiger partial charge in [-0.05, 0) is 12.1 Å². The molecule has 1 aromatic carbocycles. The van der Waals surface area contributed by atoms with Crippen LogP contribution in [0.3, 0.4) is 0 Å². The number of para-hydroxylation sites is 1. The Morgan fingerprint density at radius 3 is 2.47 bits per heavy atom. The van der Waals surface area contributed by atoms with Crippen LogP contribution in [0.1, 0.15) is 24.2 Å². The van der Waals surface area contributed by atoms with Crippen LogP contribution in [0.25, 0.3) is 0 Å². The molecule has 0 saturated heterocycles. The Balaban J connectivity index is 0.000000921. The van der Waals surface area contributed by atoms with E-state index >= 15 is 0 Å². The molecule has 1 rings (SSSR count). The number of nitrogens with two attached hydrogens (primary N) is 1. The molecule has 3 N–H and O–H groups in total. The van der Waals surface area contributed by atoms with Crippen molar-refractivity contribution in [2.45, 2.75) is 13.8 Å². The van der Waals surface area contributed by atoms with Gasteiger partial charge in [0.05, 0.1) is 24.0 Å². The van der Waals surface area contributed by atoms with Crippen LogP contribution in [-0.4, -0.2) is 20.1 Å². The number of nitrogens with one attached hydrogen (secondary N) is 1. The fourth-order valence-corrected chi connectivity index (χ4v) is 1.13. The smallest absolute Gasteiger partial charge is 0.340 e. The molecule has 0 aliphatic carbocycles. The number of hydrogen-bond donors (Lipinski definition) is 2. The number of anilines is 2. The summed E-state index contributed by atoms with van der Waals surface area (Å²) >= 11 is 0. The highest BCUT2D eigenvalue weighted by molar-refractivity contribution is 5.98. The summed E-state index contributed by atoms with van der Waals surface area (Å²) in [7, 11) is 3.04. The van der Waals surface area contributed by atoms with Gasteiger partial charge in [-0.25, -0.2) is 4.79 Å². The highest BCUT2D eigenvalue weighted by atomic mass is 16.5. The van der Waals surface area contributed by atoms with Gasteiger partial charge in [0.2, 0.25) is 0 Å². The Morgan fingerprint density at radius 2 is 2.00 bits per heavy atom. The van der Waals surface area contributed by atoms with Crippen molar-refractivity contribution in [3.05, 3.63) is 23.8 Å². The highest BCUT2D eigenvalue weighted by Gasteiger charge is 2.11. The van der Waals surface area contributed by atoms with E-state index in [0.29, 0.717) is 16.9 Å². The molecule has 4 heteroatoms. The summed E-state index contributed by atoms with van der Waals surface area (Å²) < 4.78 is 4.60. The molecule has 0 heterocycles. The predicted octanol–water partition coefficient (Wildman–Crippen LogP) is 2.12. The molecule has 4 nitrogen and oxygen atoms in total. The molecule has 0 radical (unpaired) electrons. The van der Waals surface area contributed by atoms with E-state index in [4.69, 9.17) is 5.73 Å². The Kier molecular flexibility index (Phi) is 5.94. The summed E-state index contributed by atoms with van der Waals surface area (Å²) in [6.45, 7) is 4.00. The van der Waals surface area contributed by atoms with Crippen molar-refractivity contribution < 1.29 is 9.53 Å². The minimum atomic E-state index is -0.392. The van der Waals surface area contributed by atoms with Crippen LogP contribution < -0.4 is 11.1 Å². The van der Waals surface area contributed by atoms with E-state index in [1.807, 2.05) is 13.8 Å². The number of carbonyl (C=O) groups is 1. The number of carbonyl (C=O) groups excluding carboxylic acids is 1. The molecular formula is C11H18N2O2. The molecule has 1 aromatic rings. The molecule has 0 bridgehead atoms. The van der Waals surface area contributed by atoms with Gasteiger partial charge < -0.3 is 15.8 Å². The minimum Gasteiger partial charge on any atom is -0.465 e. The van der Waals surface area contributed by atoms with Gasteiger partial charge >= 0.3 is 5.97 Å². The Bertz CT molecular complexity index is 324. The van der Waals surface area contributed by atoms with Crippen molar-refractivity contribution >= 4 is 17.3 Å². The molecule has 0 spiro atoms. The van der Waals surface area contributed by atoms with Gasteiger partial charge in [-0.3, -0.25) is 0 Å². The van der Waals surface area contributed by atoms with Crippen molar-refractivity contribution in [2.75, 3.05) is 25.2 Å². The molecule has 0 aliphatic rings. The van der Waals surface area contributed by atoms with Gasteiger partial charge in [-0.1, -0.05) is 19.9 Å². The van der Waals surface area contributed by atoms with Crippen LogP contribution >= 0.6 is 0 Å². The lowest BCUT2D eigenvalue weighted by molar-refractivity contribution is 0.0602. The first-order valence-electron chi connectivity index (χ1n) is 4.85. The second-order valence-corrected chi connectivity index (χ2v) is 2.51. The Morgan fingerprint density at radius 1 is 1.40 bits per heavy atom. The van der Waals surface area contributed by atoms with Crippen LogP contribution in [0.4, 0.5) is 11.4 Å². The summed E-state index contributed by atoms with van der Waals surface area (Å²) in [5.41, 5.74) is 7.24. The molecule has 84 valence electrons. The Hall–Kier alpha value is -1.71. The lowest BCUT2D eigenvalue weighted by atomic mass is 10.1. The standard InChI is InChI=1S/C9H12N2O2.C2H6/c1-11-8-6(9(12)13-2)4-3-5-7(8)10;1-2/h3-5,11H,10H2,1-2H3;1-2H3. The van der Waals surface area contributed by atoms with Gasteiger partial charge in [0, 0.05) is 7.05 Å². The summed E-state index contributed by atoms with van der Waals surface area (Å²) in [5.74, 6) is -0.392. The van der Waals surface area contributed by atoms with E-state index in [1.54, 1.807) is 25.2 Å². The normalized spacial score (nSPS) is 8.53. The van der Waals surface area contributed by atoms with E-state index in [0.717, 1.165) is 0 Å². The summed E-state index contributed by atoms with van der Waals surface area (Å²) in [6.07, 6.45) is 0. The minimum absolute atomic E-state index is 0.392. The zero-order valence-electron chi connectivity index (χ0n) is 9.63. The number of ether oxygens (including phenoxy) is 1. The lowest BCUT2D eigenvalue weighted by Crippen LogP contribution is -2.07. The van der Waals surface area contributed by atoms with Crippen LogP contribution in [0, 0.1) is 0 Å². The zero-order chi connectivity index (χ0) is 11.8. The molecule has 15 heavy (non-hydrogen) atoms. The Labute approximate surface area is 90.4 Å². The number of rotatable bonds is 2. The molecule has 0 saturated carbocycles. The second kappa shape index (κ2) is 6.70.